The van der Waals surface area contributed by atoms with Crippen LogP contribution in [0.2, 0.25) is 0 Å². The molecule has 1 aromatic heterocycles. The largest absolute Gasteiger partial charge is 0.393 e. The average molecular weight is 290 g/mol. The minimum absolute atomic E-state index is 0.0130. The summed E-state index contributed by atoms with van der Waals surface area (Å²) in [4.78, 5) is 15.2. The van der Waals surface area contributed by atoms with Crippen LogP contribution >= 0.6 is 0 Å². The van der Waals surface area contributed by atoms with Gasteiger partial charge in [0.2, 0.25) is 5.95 Å². The second-order valence-electron chi connectivity index (χ2n) is 4.88. The van der Waals surface area contributed by atoms with Gasteiger partial charge in [-0.1, -0.05) is 12.8 Å². The molecule has 2 rings (SSSR count). The predicted molar refractivity (Wildman–Crippen MR) is 63.5 cm³/mol. The Morgan fingerprint density at radius 2 is 2.00 bits per heavy atom. The normalized spacial score (nSPS) is 23.4. The van der Waals surface area contributed by atoms with Crippen molar-refractivity contribution in [3.05, 3.63) is 29.8 Å². The van der Waals surface area contributed by atoms with Crippen LogP contribution in [-0.2, 0) is 0 Å². The molecule has 1 heterocycles. The molecule has 1 aliphatic rings. The quantitative estimate of drug-likeness (QED) is 0.672. The number of halogens is 4. The Kier molecular flexibility index (Phi) is 4.25. The van der Waals surface area contributed by atoms with E-state index in [9.17, 15) is 22.4 Å². The highest BCUT2D eigenvalue weighted by molar-refractivity contribution is 5.94. The monoisotopic (exact) mass is 290 g/mol. The van der Waals surface area contributed by atoms with Gasteiger partial charge >= 0.3 is 6.18 Å². The number of pyridine rings is 1. The van der Waals surface area contributed by atoms with E-state index in [1.807, 2.05) is 0 Å². The molecule has 0 radical (unpaired) electrons. The third-order valence-electron chi connectivity index (χ3n) is 3.49. The minimum atomic E-state index is -4.33. The summed E-state index contributed by atoms with van der Waals surface area (Å²) < 4.78 is 51.6. The third kappa shape index (κ3) is 3.46. The number of hydrogen-bond acceptors (Lipinski definition) is 2. The second kappa shape index (κ2) is 5.76. The lowest BCUT2D eigenvalue weighted by atomic mass is 9.84. The highest BCUT2D eigenvalue weighted by Crippen LogP contribution is 2.37. The van der Waals surface area contributed by atoms with Gasteiger partial charge in [-0.15, -0.1) is 0 Å². The first-order valence-electron chi connectivity index (χ1n) is 6.37. The standard InChI is InChI=1S/C13H14F4N2O/c14-11-7-8(5-6-18-11)12(20)19-10-4-2-1-3-9(10)13(15,16)17/h5-7,9-10H,1-4H2,(H,19,20)/t9-,10-/m0/s1. The molecular formula is C13H14F4N2O. The van der Waals surface area contributed by atoms with Crippen LogP contribution in [0.5, 0.6) is 0 Å². The molecule has 20 heavy (non-hydrogen) atoms. The van der Waals surface area contributed by atoms with Crippen LogP contribution in [0.3, 0.4) is 0 Å². The molecule has 1 aliphatic carbocycles. The molecule has 1 saturated carbocycles. The number of aromatic nitrogens is 1. The Labute approximate surface area is 113 Å². The van der Waals surface area contributed by atoms with Gasteiger partial charge in [-0.2, -0.15) is 17.6 Å². The molecule has 2 atom stereocenters. The molecule has 0 aliphatic heterocycles. The van der Waals surface area contributed by atoms with Crippen LogP contribution < -0.4 is 5.32 Å². The first-order valence-corrected chi connectivity index (χ1v) is 6.37. The van der Waals surface area contributed by atoms with Gasteiger partial charge in [0, 0.05) is 23.9 Å². The van der Waals surface area contributed by atoms with Crippen LogP contribution in [0, 0.1) is 11.9 Å². The molecule has 3 nitrogen and oxygen atoms in total. The van der Waals surface area contributed by atoms with Crippen molar-refractivity contribution in [2.45, 2.75) is 37.9 Å². The van der Waals surface area contributed by atoms with Crippen molar-refractivity contribution in [1.29, 1.82) is 0 Å². The van der Waals surface area contributed by atoms with Crippen molar-refractivity contribution in [2.24, 2.45) is 5.92 Å². The zero-order valence-corrected chi connectivity index (χ0v) is 10.6. The van der Waals surface area contributed by atoms with E-state index in [4.69, 9.17) is 0 Å². The highest BCUT2D eigenvalue weighted by atomic mass is 19.4. The topological polar surface area (TPSA) is 42.0 Å². The van der Waals surface area contributed by atoms with Gasteiger partial charge in [-0.3, -0.25) is 4.79 Å². The molecular weight excluding hydrogens is 276 g/mol. The summed E-state index contributed by atoms with van der Waals surface area (Å²) in [5.74, 6) is -3.08. The number of nitrogens with zero attached hydrogens (tertiary/aromatic N) is 1. The van der Waals surface area contributed by atoms with E-state index >= 15 is 0 Å². The molecule has 1 aromatic rings. The van der Waals surface area contributed by atoms with E-state index in [-0.39, 0.29) is 18.4 Å². The van der Waals surface area contributed by atoms with Crippen molar-refractivity contribution in [3.8, 4) is 0 Å². The van der Waals surface area contributed by atoms with E-state index in [0.717, 1.165) is 12.3 Å². The summed E-state index contributed by atoms with van der Waals surface area (Å²) in [6, 6.07) is 1.22. The molecule has 1 fully saturated rings. The van der Waals surface area contributed by atoms with Crippen molar-refractivity contribution in [1.82, 2.24) is 10.3 Å². The summed E-state index contributed by atoms with van der Waals surface area (Å²) in [5.41, 5.74) is -0.0241. The molecule has 0 bridgehead atoms. The van der Waals surface area contributed by atoms with E-state index in [0.29, 0.717) is 12.8 Å². The lowest BCUT2D eigenvalue weighted by Gasteiger charge is -2.33. The Morgan fingerprint density at radius 1 is 1.30 bits per heavy atom. The molecule has 110 valence electrons. The van der Waals surface area contributed by atoms with Gasteiger partial charge < -0.3 is 5.32 Å². The Bertz CT molecular complexity index is 490. The molecule has 1 amide bonds. The zero-order chi connectivity index (χ0) is 14.8. The van der Waals surface area contributed by atoms with Gasteiger partial charge in [0.1, 0.15) is 0 Å². The number of hydrogen-bond donors (Lipinski definition) is 1. The number of carbonyl (C=O) groups excluding carboxylic acids is 1. The summed E-state index contributed by atoms with van der Waals surface area (Å²) in [6.45, 7) is 0. The number of rotatable bonds is 2. The second-order valence-corrected chi connectivity index (χ2v) is 4.88. The van der Waals surface area contributed by atoms with Crippen molar-refractivity contribution in [3.63, 3.8) is 0 Å². The molecule has 1 N–H and O–H groups in total. The Morgan fingerprint density at radius 3 is 2.65 bits per heavy atom. The number of carbonyl (C=O) groups is 1. The summed E-state index contributed by atoms with van der Waals surface area (Å²) in [5, 5.41) is 2.37. The van der Waals surface area contributed by atoms with Crippen molar-refractivity contribution < 1.29 is 22.4 Å². The van der Waals surface area contributed by atoms with E-state index in [1.165, 1.54) is 6.07 Å². The van der Waals surface area contributed by atoms with Gasteiger partial charge in [-0.25, -0.2) is 4.98 Å². The maximum absolute atomic E-state index is 12.9. The van der Waals surface area contributed by atoms with Crippen molar-refractivity contribution in [2.75, 3.05) is 0 Å². The van der Waals surface area contributed by atoms with Crippen LogP contribution in [0.15, 0.2) is 18.3 Å². The van der Waals surface area contributed by atoms with Crippen LogP contribution in [0.25, 0.3) is 0 Å². The fraction of sp³-hybridized carbons (Fsp3) is 0.538. The first-order chi connectivity index (χ1) is 9.38. The number of amides is 1. The third-order valence-corrected chi connectivity index (χ3v) is 3.49. The molecule has 0 spiro atoms. The summed E-state index contributed by atoms with van der Waals surface area (Å²) in [6.07, 6.45) is -1.79. The van der Waals surface area contributed by atoms with E-state index < -0.39 is 30.0 Å². The van der Waals surface area contributed by atoms with Crippen LogP contribution in [0.4, 0.5) is 17.6 Å². The summed E-state index contributed by atoms with van der Waals surface area (Å²) in [7, 11) is 0. The van der Waals surface area contributed by atoms with Crippen molar-refractivity contribution >= 4 is 5.91 Å². The SMILES string of the molecule is O=C(N[C@H]1CCCC[C@@H]1C(F)(F)F)c1ccnc(F)c1. The van der Waals surface area contributed by atoms with Gasteiger partial charge in [0.05, 0.1) is 5.92 Å². The lowest BCUT2D eigenvalue weighted by Crippen LogP contribution is -2.47. The molecule has 0 saturated heterocycles. The van der Waals surface area contributed by atoms with E-state index in [1.54, 1.807) is 0 Å². The Balaban J connectivity index is 2.09. The summed E-state index contributed by atoms with van der Waals surface area (Å²) >= 11 is 0. The molecule has 7 heteroatoms. The number of alkyl halides is 3. The number of nitrogens with one attached hydrogen (secondary N) is 1. The predicted octanol–water partition coefficient (Wildman–Crippen LogP) is 3.07. The van der Waals surface area contributed by atoms with Crippen LogP contribution in [0.1, 0.15) is 36.0 Å². The maximum Gasteiger partial charge on any atom is 0.393 e. The van der Waals surface area contributed by atoms with E-state index in [2.05, 4.69) is 10.3 Å². The average Bonchev–Trinajstić information content (AvgIpc) is 2.38. The van der Waals surface area contributed by atoms with Gasteiger partial charge in [0.25, 0.3) is 5.91 Å². The zero-order valence-electron chi connectivity index (χ0n) is 10.6. The highest BCUT2D eigenvalue weighted by Gasteiger charge is 2.45. The van der Waals surface area contributed by atoms with Gasteiger partial charge in [-0.05, 0) is 18.9 Å². The smallest absolute Gasteiger partial charge is 0.349 e. The maximum atomic E-state index is 12.9. The van der Waals surface area contributed by atoms with Gasteiger partial charge in [0.15, 0.2) is 0 Å². The fourth-order valence-corrected chi connectivity index (χ4v) is 2.49. The molecule has 0 aromatic carbocycles. The first kappa shape index (κ1) is 14.7. The fourth-order valence-electron chi connectivity index (χ4n) is 2.49. The van der Waals surface area contributed by atoms with Crippen LogP contribution in [-0.4, -0.2) is 23.1 Å². The molecule has 0 unspecified atom stereocenters. The minimum Gasteiger partial charge on any atom is -0.349 e. The lowest BCUT2D eigenvalue weighted by molar-refractivity contribution is -0.187. The Hall–Kier alpha value is -1.66.